The third kappa shape index (κ3) is 3.66. The van der Waals surface area contributed by atoms with Gasteiger partial charge in [0.25, 0.3) is 0 Å². The van der Waals surface area contributed by atoms with Crippen LogP contribution in [0.4, 0.5) is 0 Å². The van der Waals surface area contributed by atoms with E-state index in [4.69, 9.17) is 4.74 Å². The highest BCUT2D eigenvalue weighted by Crippen LogP contribution is 2.15. The summed E-state index contributed by atoms with van der Waals surface area (Å²) < 4.78 is 6.70. The van der Waals surface area contributed by atoms with Crippen LogP contribution in [0.1, 0.15) is 37.3 Å². The van der Waals surface area contributed by atoms with Gasteiger partial charge in [-0.3, -0.25) is 5.32 Å². The van der Waals surface area contributed by atoms with Gasteiger partial charge in [-0.2, -0.15) is 5.10 Å². The van der Waals surface area contributed by atoms with Gasteiger partial charge in [0, 0.05) is 6.04 Å². The van der Waals surface area contributed by atoms with Gasteiger partial charge in [0.2, 0.25) is 0 Å². The van der Waals surface area contributed by atoms with Crippen molar-refractivity contribution in [3.63, 3.8) is 0 Å². The van der Waals surface area contributed by atoms with Gasteiger partial charge in [0.05, 0.1) is 13.7 Å². The third-order valence-electron chi connectivity index (χ3n) is 3.17. The summed E-state index contributed by atoms with van der Waals surface area (Å²) in [6, 6.07) is 9.18. The Hall–Kier alpha value is -2.21. The number of ether oxygens (including phenoxy) is 1. The van der Waals surface area contributed by atoms with E-state index in [0.717, 1.165) is 11.4 Å². The average molecular weight is 288 g/mol. The molecule has 0 bridgehead atoms. The van der Waals surface area contributed by atoms with Crippen molar-refractivity contribution in [2.45, 2.75) is 32.5 Å². The molecule has 0 spiro atoms. The van der Waals surface area contributed by atoms with E-state index in [1.807, 2.05) is 48.9 Å². The largest absolute Gasteiger partial charge is 0.468 e. The molecule has 0 amide bonds. The lowest BCUT2D eigenvalue weighted by Gasteiger charge is -2.17. The SMILES string of the molecule is COC(=O)C(NCc1ncnn1C(C)C)c1ccccc1. The molecule has 1 atom stereocenters. The van der Waals surface area contributed by atoms with Crippen LogP contribution in [0.25, 0.3) is 0 Å². The molecule has 21 heavy (non-hydrogen) atoms. The second-order valence-corrected chi connectivity index (χ2v) is 4.96. The fourth-order valence-corrected chi connectivity index (χ4v) is 2.13. The molecule has 6 heteroatoms. The molecule has 1 aromatic heterocycles. The van der Waals surface area contributed by atoms with Gasteiger partial charge in [-0.05, 0) is 19.4 Å². The molecule has 1 N–H and O–H groups in total. The molecule has 0 aliphatic carbocycles. The number of rotatable bonds is 6. The summed E-state index contributed by atoms with van der Waals surface area (Å²) in [7, 11) is 1.39. The monoisotopic (exact) mass is 288 g/mol. The van der Waals surface area contributed by atoms with Gasteiger partial charge in [-0.25, -0.2) is 14.5 Å². The Kier molecular flexibility index (Phi) is 5.05. The van der Waals surface area contributed by atoms with Gasteiger partial charge >= 0.3 is 5.97 Å². The summed E-state index contributed by atoms with van der Waals surface area (Å²) in [5, 5.41) is 7.37. The first-order valence-electron chi connectivity index (χ1n) is 6.88. The van der Waals surface area contributed by atoms with Crippen molar-refractivity contribution in [2.24, 2.45) is 0 Å². The van der Waals surface area contributed by atoms with Crippen molar-refractivity contribution in [1.82, 2.24) is 20.1 Å². The summed E-state index contributed by atoms with van der Waals surface area (Å²) in [5.41, 5.74) is 0.861. The molecule has 2 rings (SSSR count). The Morgan fingerprint density at radius 1 is 1.33 bits per heavy atom. The maximum Gasteiger partial charge on any atom is 0.327 e. The second kappa shape index (κ2) is 6.99. The van der Waals surface area contributed by atoms with Crippen LogP contribution in [0, 0.1) is 0 Å². The lowest BCUT2D eigenvalue weighted by Crippen LogP contribution is -2.30. The Labute approximate surface area is 124 Å². The first-order valence-corrected chi connectivity index (χ1v) is 6.88. The Morgan fingerprint density at radius 3 is 2.67 bits per heavy atom. The van der Waals surface area contributed by atoms with Crippen LogP contribution in [-0.4, -0.2) is 27.8 Å². The van der Waals surface area contributed by atoms with E-state index >= 15 is 0 Å². The fraction of sp³-hybridized carbons (Fsp3) is 0.400. The summed E-state index contributed by atoms with van der Waals surface area (Å²) >= 11 is 0. The number of hydrogen-bond acceptors (Lipinski definition) is 5. The molecule has 1 heterocycles. The lowest BCUT2D eigenvalue weighted by molar-refractivity contribution is -0.143. The van der Waals surface area contributed by atoms with E-state index < -0.39 is 6.04 Å². The molecule has 6 nitrogen and oxygen atoms in total. The van der Waals surface area contributed by atoms with Crippen molar-refractivity contribution in [3.8, 4) is 0 Å². The summed E-state index contributed by atoms with van der Waals surface area (Å²) in [4.78, 5) is 16.2. The summed E-state index contributed by atoms with van der Waals surface area (Å²) in [5.74, 6) is 0.464. The van der Waals surface area contributed by atoms with Crippen LogP contribution in [0.15, 0.2) is 36.7 Å². The molecular weight excluding hydrogens is 268 g/mol. The van der Waals surface area contributed by atoms with Crippen molar-refractivity contribution in [2.75, 3.05) is 7.11 Å². The highest BCUT2D eigenvalue weighted by Gasteiger charge is 2.21. The maximum absolute atomic E-state index is 12.0. The molecule has 112 valence electrons. The lowest BCUT2D eigenvalue weighted by atomic mass is 10.1. The second-order valence-electron chi connectivity index (χ2n) is 4.96. The molecule has 0 aliphatic heterocycles. The van der Waals surface area contributed by atoms with Crippen molar-refractivity contribution in [3.05, 3.63) is 48.0 Å². The number of methoxy groups -OCH3 is 1. The van der Waals surface area contributed by atoms with Gasteiger partial charge in [0.1, 0.15) is 18.2 Å². The van der Waals surface area contributed by atoms with Crippen molar-refractivity contribution >= 4 is 5.97 Å². The van der Waals surface area contributed by atoms with E-state index in [1.165, 1.54) is 13.4 Å². The van der Waals surface area contributed by atoms with Gasteiger partial charge in [-0.15, -0.1) is 0 Å². The number of benzene rings is 1. The minimum Gasteiger partial charge on any atom is -0.468 e. The van der Waals surface area contributed by atoms with E-state index in [9.17, 15) is 4.79 Å². The standard InChI is InChI=1S/C15H20N4O2/c1-11(2)19-13(17-10-18-19)9-16-14(15(20)21-3)12-7-5-4-6-8-12/h4-8,10-11,14,16H,9H2,1-3H3. The van der Waals surface area contributed by atoms with Crippen LogP contribution >= 0.6 is 0 Å². The Balaban J connectivity index is 2.13. The first kappa shape index (κ1) is 15.2. The quantitative estimate of drug-likeness (QED) is 0.822. The van der Waals surface area contributed by atoms with Crippen molar-refractivity contribution in [1.29, 1.82) is 0 Å². The topological polar surface area (TPSA) is 69.0 Å². The summed E-state index contributed by atoms with van der Waals surface area (Å²) in [6.07, 6.45) is 1.52. The van der Waals surface area contributed by atoms with E-state index in [1.54, 1.807) is 0 Å². The molecule has 2 aromatic rings. The molecule has 0 saturated heterocycles. The minimum atomic E-state index is -0.520. The molecule has 0 saturated carbocycles. The smallest absolute Gasteiger partial charge is 0.327 e. The third-order valence-corrected chi connectivity index (χ3v) is 3.17. The predicted molar refractivity (Wildman–Crippen MR) is 78.4 cm³/mol. The van der Waals surface area contributed by atoms with E-state index in [2.05, 4.69) is 15.4 Å². The van der Waals surface area contributed by atoms with E-state index in [0.29, 0.717) is 6.54 Å². The molecule has 1 aromatic carbocycles. The average Bonchev–Trinajstić information content (AvgIpc) is 2.97. The molecule has 1 unspecified atom stereocenters. The normalized spacial score (nSPS) is 12.4. The highest BCUT2D eigenvalue weighted by atomic mass is 16.5. The number of carbonyl (C=O) groups is 1. The van der Waals surface area contributed by atoms with Gasteiger partial charge in [0.15, 0.2) is 0 Å². The highest BCUT2D eigenvalue weighted by molar-refractivity contribution is 5.77. The first-order chi connectivity index (χ1) is 10.1. The number of nitrogens with zero attached hydrogens (tertiary/aromatic N) is 3. The molecule has 0 fully saturated rings. The van der Waals surface area contributed by atoms with E-state index in [-0.39, 0.29) is 12.0 Å². The Bertz CT molecular complexity index is 580. The Morgan fingerprint density at radius 2 is 2.05 bits per heavy atom. The van der Waals surface area contributed by atoms with Crippen LogP contribution in [0.3, 0.4) is 0 Å². The number of esters is 1. The number of carbonyl (C=O) groups excluding carboxylic acids is 1. The molecule has 0 radical (unpaired) electrons. The number of hydrogen-bond donors (Lipinski definition) is 1. The maximum atomic E-state index is 12.0. The van der Waals surface area contributed by atoms with Crippen LogP contribution in [-0.2, 0) is 16.1 Å². The van der Waals surface area contributed by atoms with Crippen molar-refractivity contribution < 1.29 is 9.53 Å². The van der Waals surface area contributed by atoms with Crippen LogP contribution < -0.4 is 5.32 Å². The van der Waals surface area contributed by atoms with Crippen LogP contribution in [0.2, 0.25) is 0 Å². The van der Waals surface area contributed by atoms with Gasteiger partial charge < -0.3 is 4.74 Å². The zero-order chi connectivity index (χ0) is 15.2. The minimum absolute atomic E-state index is 0.220. The molecular formula is C15H20N4O2. The zero-order valence-electron chi connectivity index (χ0n) is 12.5. The number of aromatic nitrogens is 3. The zero-order valence-corrected chi connectivity index (χ0v) is 12.5. The van der Waals surface area contributed by atoms with Crippen LogP contribution in [0.5, 0.6) is 0 Å². The summed E-state index contributed by atoms with van der Waals surface area (Å²) in [6.45, 7) is 4.51. The molecule has 0 aliphatic rings. The predicted octanol–water partition coefficient (Wildman–Crippen LogP) is 1.86. The van der Waals surface area contributed by atoms with Gasteiger partial charge in [-0.1, -0.05) is 30.3 Å². The number of nitrogens with one attached hydrogen (secondary N) is 1. The fourth-order valence-electron chi connectivity index (χ4n) is 2.13.